The quantitative estimate of drug-likeness (QED) is 0.762. The van der Waals surface area contributed by atoms with E-state index in [1.165, 1.54) is 31.2 Å². The molecule has 1 aromatic rings. The van der Waals surface area contributed by atoms with Crippen molar-refractivity contribution in [2.24, 2.45) is 0 Å². The van der Waals surface area contributed by atoms with Gasteiger partial charge in [0.15, 0.2) is 0 Å². The van der Waals surface area contributed by atoms with Crippen LogP contribution in [0, 0.1) is 0 Å². The van der Waals surface area contributed by atoms with Crippen LogP contribution in [-0.2, 0) is 10.2 Å². The molecule has 1 aliphatic heterocycles. The van der Waals surface area contributed by atoms with Crippen LogP contribution in [0.3, 0.4) is 0 Å². The second-order valence-electron chi connectivity index (χ2n) is 5.97. The van der Waals surface area contributed by atoms with E-state index in [0.717, 1.165) is 26.1 Å². The van der Waals surface area contributed by atoms with Crippen LogP contribution in [0.2, 0.25) is 0 Å². The Kier molecular flexibility index (Phi) is 6.06. The van der Waals surface area contributed by atoms with E-state index in [2.05, 4.69) is 49.6 Å². The van der Waals surface area contributed by atoms with Gasteiger partial charge in [0.1, 0.15) is 0 Å². The van der Waals surface area contributed by atoms with E-state index in [1.807, 2.05) is 0 Å². The van der Waals surface area contributed by atoms with Gasteiger partial charge in [0.05, 0.1) is 0 Å². The fourth-order valence-corrected chi connectivity index (χ4v) is 3.64. The number of nitrogens with one attached hydrogen (secondary N) is 1. The van der Waals surface area contributed by atoms with Gasteiger partial charge in [0.25, 0.3) is 0 Å². The summed E-state index contributed by atoms with van der Waals surface area (Å²) in [4.78, 5) is 0. The maximum atomic E-state index is 5.64. The minimum atomic E-state index is 0.252. The molecule has 1 saturated heterocycles. The molecule has 2 rings (SSSR count). The lowest BCUT2D eigenvalue weighted by Gasteiger charge is -2.44. The molecule has 0 aliphatic carbocycles. The molecule has 20 heavy (non-hydrogen) atoms. The predicted octanol–water partition coefficient (Wildman–Crippen LogP) is 3.90. The minimum Gasteiger partial charge on any atom is -0.381 e. The number of rotatable bonds is 7. The fourth-order valence-electron chi connectivity index (χ4n) is 3.64. The van der Waals surface area contributed by atoms with Crippen molar-refractivity contribution in [1.29, 1.82) is 0 Å². The summed E-state index contributed by atoms with van der Waals surface area (Å²) < 4.78 is 5.64. The van der Waals surface area contributed by atoms with Crippen LogP contribution in [-0.4, -0.2) is 26.3 Å². The Morgan fingerprint density at radius 2 is 1.85 bits per heavy atom. The molecule has 0 spiro atoms. The normalized spacial score (nSPS) is 19.7. The molecule has 1 N–H and O–H groups in total. The molecule has 0 saturated carbocycles. The molecular formula is C18H29NO. The van der Waals surface area contributed by atoms with Crippen molar-refractivity contribution in [1.82, 2.24) is 5.32 Å². The molecule has 2 heteroatoms. The monoisotopic (exact) mass is 275 g/mol. The molecule has 1 atom stereocenters. The minimum absolute atomic E-state index is 0.252. The van der Waals surface area contributed by atoms with Crippen LogP contribution in [0.25, 0.3) is 0 Å². The summed E-state index contributed by atoms with van der Waals surface area (Å²) >= 11 is 0. The molecular weight excluding hydrogens is 246 g/mol. The fraction of sp³-hybridized carbons (Fsp3) is 0.667. The van der Waals surface area contributed by atoms with Gasteiger partial charge >= 0.3 is 0 Å². The van der Waals surface area contributed by atoms with Crippen molar-refractivity contribution in [2.45, 2.75) is 56.9 Å². The highest BCUT2D eigenvalue weighted by Crippen LogP contribution is 2.39. The number of likely N-dealkylation sites (N-methyl/N-ethyl adjacent to an activating group) is 1. The lowest BCUT2D eigenvalue weighted by atomic mass is 9.67. The first kappa shape index (κ1) is 15.5. The highest BCUT2D eigenvalue weighted by molar-refractivity contribution is 5.28. The molecule has 1 aliphatic rings. The van der Waals surface area contributed by atoms with Gasteiger partial charge in [-0.05, 0) is 31.9 Å². The smallest absolute Gasteiger partial charge is 0.0475 e. The average Bonchev–Trinajstić information content (AvgIpc) is 2.53. The Bertz CT molecular complexity index is 370. The summed E-state index contributed by atoms with van der Waals surface area (Å²) in [7, 11) is 2.12. The van der Waals surface area contributed by atoms with Crippen LogP contribution in [0.5, 0.6) is 0 Å². The molecule has 0 bridgehead atoms. The number of benzene rings is 1. The van der Waals surface area contributed by atoms with E-state index in [4.69, 9.17) is 4.74 Å². The van der Waals surface area contributed by atoms with Crippen LogP contribution in [0.4, 0.5) is 0 Å². The maximum absolute atomic E-state index is 5.64. The topological polar surface area (TPSA) is 21.3 Å². The highest BCUT2D eigenvalue weighted by Gasteiger charge is 2.40. The van der Waals surface area contributed by atoms with E-state index in [1.54, 1.807) is 0 Å². The number of unbranched alkanes of at least 4 members (excludes halogenated alkanes) is 2. The standard InChI is InChI=1S/C18H29NO/c1-3-4-6-11-17(19-2)18(12-14-20-15-13-18)16-9-7-5-8-10-16/h5,7-10,17,19H,3-4,6,11-15H2,1-2H3. The Hall–Kier alpha value is -0.860. The third-order valence-corrected chi connectivity index (χ3v) is 4.85. The van der Waals surface area contributed by atoms with Crippen molar-refractivity contribution < 1.29 is 4.74 Å². The summed E-state index contributed by atoms with van der Waals surface area (Å²) in [5.41, 5.74) is 1.74. The van der Waals surface area contributed by atoms with Crippen LogP contribution in [0.1, 0.15) is 51.0 Å². The number of hydrogen-bond acceptors (Lipinski definition) is 2. The van der Waals surface area contributed by atoms with Crippen molar-refractivity contribution in [2.75, 3.05) is 20.3 Å². The van der Waals surface area contributed by atoms with Crippen molar-refractivity contribution in [3.05, 3.63) is 35.9 Å². The summed E-state index contributed by atoms with van der Waals surface area (Å²) in [6.45, 7) is 4.05. The first-order valence-electron chi connectivity index (χ1n) is 8.14. The Morgan fingerprint density at radius 1 is 1.15 bits per heavy atom. The summed E-state index contributed by atoms with van der Waals surface area (Å²) in [5.74, 6) is 0. The highest BCUT2D eigenvalue weighted by atomic mass is 16.5. The second kappa shape index (κ2) is 7.80. The molecule has 2 nitrogen and oxygen atoms in total. The van der Waals surface area contributed by atoms with Gasteiger partial charge in [-0.25, -0.2) is 0 Å². The van der Waals surface area contributed by atoms with Crippen molar-refractivity contribution in [3.63, 3.8) is 0 Å². The molecule has 1 unspecified atom stereocenters. The number of ether oxygens (including phenoxy) is 1. The van der Waals surface area contributed by atoms with E-state index in [9.17, 15) is 0 Å². The zero-order chi connectivity index (χ0) is 14.3. The average molecular weight is 275 g/mol. The summed E-state index contributed by atoms with van der Waals surface area (Å²) in [6, 6.07) is 11.6. The SMILES string of the molecule is CCCCCC(NC)C1(c2ccccc2)CCOCC1. The number of hydrogen-bond donors (Lipinski definition) is 1. The van der Waals surface area contributed by atoms with Gasteiger partial charge < -0.3 is 10.1 Å². The molecule has 1 fully saturated rings. The second-order valence-corrected chi connectivity index (χ2v) is 5.97. The van der Waals surface area contributed by atoms with Gasteiger partial charge in [-0.2, -0.15) is 0 Å². The van der Waals surface area contributed by atoms with Gasteiger partial charge in [0, 0.05) is 24.7 Å². The largest absolute Gasteiger partial charge is 0.381 e. The summed E-state index contributed by atoms with van der Waals surface area (Å²) in [5, 5.41) is 3.61. The van der Waals surface area contributed by atoms with Crippen LogP contribution >= 0.6 is 0 Å². The zero-order valence-electron chi connectivity index (χ0n) is 13.0. The van der Waals surface area contributed by atoms with Crippen LogP contribution < -0.4 is 5.32 Å². The molecule has 0 radical (unpaired) electrons. The van der Waals surface area contributed by atoms with Gasteiger partial charge in [-0.3, -0.25) is 0 Å². The van der Waals surface area contributed by atoms with E-state index in [0.29, 0.717) is 6.04 Å². The van der Waals surface area contributed by atoms with Crippen molar-refractivity contribution >= 4 is 0 Å². The molecule has 1 heterocycles. The Labute approximate surface area is 123 Å². The van der Waals surface area contributed by atoms with Gasteiger partial charge in [-0.15, -0.1) is 0 Å². The maximum Gasteiger partial charge on any atom is 0.0475 e. The Balaban J connectivity index is 2.21. The van der Waals surface area contributed by atoms with E-state index < -0.39 is 0 Å². The van der Waals surface area contributed by atoms with E-state index >= 15 is 0 Å². The van der Waals surface area contributed by atoms with Gasteiger partial charge in [0.2, 0.25) is 0 Å². The Morgan fingerprint density at radius 3 is 2.45 bits per heavy atom. The molecule has 112 valence electrons. The third kappa shape index (κ3) is 3.42. The summed E-state index contributed by atoms with van der Waals surface area (Å²) in [6.07, 6.45) is 7.47. The van der Waals surface area contributed by atoms with Gasteiger partial charge in [-0.1, -0.05) is 56.5 Å². The molecule has 0 aromatic heterocycles. The van der Waals surface area contributed by atoms with E-state index in [-0.39, 0.29) is 5.41 Å². The third-order valence-electron chi connectivity index (χ3n) is 4.85. The lowest BCUT2D eigenvalue weighted by Crippen LogP contribution is -2.50. The molecule has 1 aromatic carbocycles. The molecule has 0 amide bonds. The zero-order valence-corrected chi connectivity index (χ0v) is 13.0. The lowest BCUT2D eigenvalue weighted by molar-refractivity contribution is 0.0337. The van der Waals surface area contributed by atoms with Crippen LogP contribution in [0.15, 0.2) is 30.3 Å². The first-order valence-corrected chi connectivity index (χ1v) is 8.14. The predicted molar refractivity (Wildman–Crippen MR) is 85.2 cm³/mol. The van der Waals surface area contributed by atoms with Crippen molar-refractivity contribution in [3.8, 4) is 0 Å². The first-order chi connectivity index (χ1) is 9.83.